The average molecular weight is 759 g/mol. The molecule has 56 heavy (non-hydrogen) atoms. The minimum absolute atomic E-state index is 0.00323. The predicted molar refractivity (Wildman–Crippen MR) is 224 cm³/mol. The molecule has 1 N–H and O–H groups in total. The number of hydrogen-bond acceptors (Lipinski definition) is 6. The molecule has 298 valence electrons. The summed E-state index contributed by atoms with van der Waals surface area (Å²) in [6.45, 7) is 7.82. The Kier molecular flexibility index (Phi) is 15.9. The van der Waals surface area contributed by atoms with Crippen LogP contribution in [0.5, 0.6) is 0 Å². The molecule has 4 aromatic carbocycles. The number of amides is 2. The fraction of sp³-hybridized carbons (Fsp3) is 0.469. The van der Waals surface area contributed by atoms with E-state index in [1.807, 2.05) is 36.4 Å². The quantitative estimate of drug-likeness (QED) is 0.0635. The lowest BCUT2D eigenvalue weighted by Gasteiger charge is -2.38. The fourth-order valence-electron chi connectivity index (χ4n) is 8.16. The number of aliphatic hydroxyl groups is 1. The summed E-state index contributed by atoms with van der Waals surface area (Å²) in [5.41, 5.74) is 6.72. The van der Waals surface area contributed by atoms with E-state index >= 15 is 0 Å². The van der Waals surface area contributed by atoms with Crippen molar-refractivity contribution in [3.05, 3.63) is 130 Å². The topological polar surface area (TPSA) is 79.3 Å². The Morgan fingerprint density at radius 2 is 1.16 bits per heavy atom. The summed E-state index contributed by atoms with van der Waals surface area (Å²) in [6.07, 6.45) is 15.5. The lowest BCUT2D eigenvalue weighted by molar-refractivity contribution is -0.253. The maximum atomic E-state index is 13.2. The van der Waals surface area contributed by atoms with E-state index in [9.17, 15) is 14.7 Å². The summed E-state index contributed by atoms with van der Waals surface area (Å²) in [5.74, 6) is -0.509. The van der Waals surface area contributed by atoms with Gasteiger partial charge in [0.15, 0.2) is 6.29 Å². The summed E-state index contributed by atoms with van der Waals surface area (Å²) in [6, 6.07) is 31.4. The molecule has 4 aromatic rings. The minimum atomic E-state index is -0.538. The molecule has 0 radical (unpaired) electrons. The molecule has 0 saturated carbocycles. The number of carbonyl (C=O) groups is 2. The normalized spacial score (nSPS) is 18.2. The Balaban J connectivity index is 1.18. The molecule has 2 aliphatic rings. The first-order valence-corrected chi connectivity index (χ1v) is 21.4. The number of unbranched alkanes of at least 4 members (excludes halogenated alkanes) is 10. The molecule has 7 heteroatoms. The molecular formula is C49H62N2O5. The van der Waals surface area contributed by atoms with Gasteiger partial charge in [-0.25, -0.2) is 0 Å². The monoisotopic (exact) mass is 758 g/mol. The number of rotatable bonds is 22. The summed E-state index contributed by atoms with van der Waals surface area (Å²) in [5, 5.41) is 9.70. The highest BCUT2D eigenvalue weighted by atomic mass is 16.7. The van der Waals surface area contributed by atoms with E-state index in [4.69, 9.17) is 9.47 Å². The van der Waals surface area contributed by atoms with Crippen molar-refractivity contribution in [3.63, 3.8) is 0 Å². The Hall–Kier alpha value is -4.14. The molecule has 0 aliphatic carbocycles. The highest BCUT2D eigenvalue weighted by Gasteiger charge is 2.36. The number of fused-ring (bicyclic) bond motifs is 1. The van der Waals surface area contributed by atoms with Crippen LogP contribution < -0.4 is 0 Å². The van der Waals surface area contributed by atoms with Crippen molar-refractivity contribution in [2.45, 2.75) is 129 Å². The van der Waals surface area contributed by atoms with Gasteiger partial charge in [-0.15, -0.1) is 0 Å². The van der Waals surface area contributed by atoms with Gasteiger partial charge >= 0.3 is 0 Å². The number of ether oxygens (including phenoxy) is 2. The second-order valence-corrected chi connectivity index (χ2v) is 15.7. The van der Waals surface area contributed by atoms with Crippen LogP contribution in [-0.4, -0.2) is 52.5 Å². The highest BCUT2D eigenvalue weighted by Crippen LogP contribution is 2.39. The largest absolute Gasteiger partial charge is 0.392 e. The van der Waals surface area contributed by atoms with Gasteiger partial charge in [0, 0.05) is 18.5 Å². The lowest BCUT2D eigenvalue weighted by atomic mass is 9.97. The van der Waals surface area contributed by atoms with E-state index in [0.29, 0.717) is 11.1 Å². The number of hydrogen-bond donors (Lipinski definition) is 1. The van der Waals surface area contributed by atoms with Crippen molar-refractivity contribution in [1.29, 1.82) is 0 Å². The molecule has 0 bridgehead atoms. The molecule has 0 spiro atoms. The van der Waals surface area contributed by atoms with Crippen molar-refractivity contribution in [2.24, 2.45) is 0 Å². The van der Waals surface area contributed by atoms with Crippen LogP contribution in [0, 0.1) is 0 Å². The van der Waals surface area contributed by atoms with E-state index < -0.39 is 6.29 Å². The highest BCUT2D eigenvalue weighted by molar-refractivity contribution is 6.21. The maximum Gasteiger partial charge on any atom is 0.261 e. The van der Waals surface area contributed by atoms with Crippen LogP contribution in [0.3, 0.4) is 0 Å². The number of nitrogens with zero attached hydrogens (tertiary/aromatic N) is 2. The number of aliphatic hydroxyl groups excluding tert-OH is 1. The van der Waals surface area contributed by atoms with E-state index in [0.717, 1.165) is 59.4 Å². The first-order valence-electron chi connectivity index (χ1n) is 21.4. The molecule has 2 amide bonds. The van der Waals surface area contributed by atoms with Crippen molar-refractivity contribution in [2.75, 3.05) is 19.6 Å². The Bertz CT molecular complexity index is 1770. The Labute approximate surface area is 335 Å². The van der Waals surface area contributed by atoms with Crippen molar-refractivity contribution < 1.29 is 24.2 Å². The number of carbonyl (C=O) groups excluding carboxylic acids is 2. The van der Waals surface area contributed by atoms with Crippen LogP contribution in [0.4, 0.5) is 0 Å². The van der Waals surface area contributed by atoms with Crippen LogP contribution in [-0.2, 0) is 22.6 Å². The second kappa shape index (κ2) is 21.4. The molecule has 2 heterocycles. The van der Waals surface area contributed by atoms with Gasteiger partial charge in [-0.3, -0.25) is 14.5 Å². The SMILES string of the molecule is CCCCCCCCN(CCCCCCCC)C[C@@H]1C[C@H](c2ccc(CO)cc2)O[C@H](c2ccc(-c3ccccc3CN3C(=O)c4ccccc4C3=O)cc2)O1. The maximum absolute atomic E-state index is 13.2. The van der Waals surface area contributed by atoms with Crippen molar-refractivity contribution in [3.8, 4) is 11.1 Å². The average Bonchev–Trinajstić information content (AvgIpc) is 3.48. The standard InChI is InChI=1S/C49H62N2O5/c1-3-5-7-9-11-17-31-50(32-18-12-10-8-6-4-2)35-42-33-46(39-25-23-37(36-52)24-26-39)56-49(55-42)40-29-27-38(28-30-40)43-20-14-13-19-41(43)34-51-47(53)44-21-15-16-22-45(44)48(51)54/h13-16,19-30,42,46,49,52H,3-12,17-18,31-36H2,1-2H3/t42-,46+,49+/m0/s1. The van der Waals surface area contributed by atoms with Crippen molar-refractivity contribution in [1.82, 2.24) is 9.80 Å². The van der Waals surface area contributed by atoms with Crippen LogP contribution in [0.25, 0.3) is 11.1 Å². The van der Waals surface area contributed by atoms with Crippen LogP contribution >= 0.6 is 0 Å². The van der Waals surface area contributed by atoms with Crippen LogP contribution in [0.1, 0.15) is 153 Å². The van der Waals surface area contributed by atoms with Gasteiger partial charge in [0.05, 0.1) is 36.5 Å². The summed E-state index contributed by atoms with van der Waals surface area (Å²) in [7, 11) is 0. The third kappa shape index (κ3) is 11.0. The predicted octanol–water partition coefficient (Wildman–Crippen LogP) is 11.2. The van der Waals surface area contributed by atoms with Gasteiger partial charge in [-0.1, -0.05) is 163 Å². The zero-order chi connectivity index (χ0) is 39.1. The fourth-order valence-corrected chi connectivity index (χ4v) is 8.16. The van der Waals surface area contributed by atoms with Crippen molar-refractivity contribution >= 4 is 11.8 Å². The van der Waals surface area contributed by atoms with Gasteiger partial charge in [-0.2, -0.15) is 0 Å². The summed E-state index contributed by atoms with van der Waals surface area (Å²) < 4.78 is 13.6. The number of imide groups is 1. The van der Waals surface area contributed by atoms with E-state index in [2.05, 4.69) is 55.1 Å². The smallest absolute Gasteiger partial charge is 0.261 e. The zero-order valence-corrected chi connectivity index (χ0v) is 33.7. The number of benzene rings is 4. The minimum Gasteiger partial charge on any atom is -0.392 e. The lowest BCUT2D eigenvalue weighted by Crippen LogP contribution is -2.40. The van der Waals surface area contributed by atoms with Gasteiger partial charge in [0.2, 0.25) is 0 Å². The third-order valence-corrected chi connectivity index (χ3v) is 11.5. The van der Waals surface area contributed by atoms with Crippen LogP contribution in [0.15, 0.2) is 97.1 Å². The molecule has 0 unspecified atom stereocenters. The molecule has 0 aromatic heterocycles. The van der Waals surface area contributed by atoms with Gasteiger partial charge in [0.25, 0.3) is 11.8 Å². The second-order valence-electron chi connectivity index (χ2n) is 15.7. The molecular weight excluding hydrogens is 697 g/mol. The first-order chi connectivity index (χ1) is 27.5. The molecule has 3 atom stereocenters. The van der Waals surface area contributed by atoms with Gasteiger partial charge in [-0.05, 0) is 65.9 Å². The van der Waals surface area contributed by atoms with Crippen LogP contribution in [0.2, 0.25) is 0 Å². The van der Waals surface area contributed by atoms with E-state index in [1.165, 1.54) is 81.9 Å². The molecule has 7 nitrogen and oxygen atoms in total. The van der Waals surface area contributed by atoms with E-state index in [-0.39, 0.29) is 37.2 Å². The molecule has 6 rings (SSSR count). The summed E-state index contributed by atoms with van der Waals surface area (Å²) in [4.78, 5) is 30.4. The summed E-state index contributed by atoms with van der Waals surface area (Å²) >= 11 is 0. The van der Waals surface area contributed by atoms with Gasteiger partial charge in [0.1, 0.15) is 0 Å². The Morgan fingerprint density at radius 1 is 0.625 bits per heavy atom. The Morgan fingerprint density at radius 3 is 1.75 bits per heavy atom. The molecule has 1 saturated heterocycles. The molecule has 1 fully saturated rings. The zero-order valence-electron chi connectivity index (χ0n) is 33.7. The first kappa shape index (κ1) is 41.5. The van der Waals surface area contributed by atoms with Gasteiger partial charge < -0.3 is 19.5 Å². The third-order valence-electron chi connectivity index (χ3n) is 11.5. The van der Waals surface area contributed by atoms with E-state index in [1.54, 1.807) is 24.3 Å². The molecule has 2 aliphatic heterocycles.